The van der Waals surface area contributed by atoms with Crippen molar-refractivity contribution in [3.8, 4) is 0 Å². The molecule has 94 valence electrons. The Balaban J connectivity index is 1.89. The molecule has 1 atom stereocenters. The van der Waals surface area contributed by atoms with Crippen LogP contribution in [0, 0.1) is 12.8 Å². The minimum absolute atomic E-state index is 0.0499. The maximum Gasteiger partial charge on any atom is 0.223 e. The molecule has 1 aliphatic heterocycles. The summed E-state index contributed by atoms with van der Waals surface area (Å²) >= 11 is 0. The van der Waals surface area contributed by atoms with E-state index in [1.807, 2.05) is 26.0 Å². The summed E-state index contributed by atoms with van der Waals surface area (Å²) in [5.74, 6) is 2.00. The zero-order chi connectivity index (χ0) is 12.3. The normalized spacial score (nSPS) is 18.9. The van der Waals surface area contributed by atoms with E-state index in [1.54, 1.807) is 0 Å². The topological polar surface area (TPSA) is 54.3 Å². The van der Waals surface area contributed by atoms with E-state index in [0.29, 0.717) is 0 Å². The summed E-state index contributed by atoms with van der Waals surface area (Å²) in [7, 11) is 0. The Morgan fingerprint density at radius 2 is 2.18 bits per heavy atom. The van der Waals surface area contributed by atoms with Crippen LogP contribution in [-0.2, 0) is 4.79 Å². The lowest BCUT2D eigenvalue weighted by molar-refractivity contribution is -0.126. The lowest BCUT2D eigenvalue weighted by Crippen LogP contribution is -2.39. The molecule has 0 aromatic carbocycles. The minimum Gasteiger partial charge on any atom is -0.464 e. The average molecular weight is 236 g/mol. The molecule has 1 unspecified atom stereocenters. The minimum atomic E-state index is -0.0499. The molecule has 4 heteroatoms. The van der Waals surface area contributed by atoms with Gasteiger partial charge in [0.05, 0.1) is 6.04 Å². The highest BCUT2D eigenvalue weighted by Crippen LogP contribution is 2.18. The van der Waals surface area contributed by atoms with Crippen molar-refractivity contribution in [3.63, 3.8) is 0 Å². The van der Waals surface area contributed by atoms with Gasteiger partial charge in [0.2, 0.25) is 5.91 Å². The van der Waals surface area contributed by atoms with E-state index in [1.165, 1.54) is 0 Å². The smallest absolute Gasteiger partial charge is 0.223 e. The standard InChI is InChI=1S/C13H20N2O2/c1-9-3-4-12(17-9)10(2)15-13(16)11-5-7-14-8-6-11/h3-4,10-11,14H,5-8H2,1-2H3,(H,15,16). The zero-order valence-corrected chi connectivity index (χ0v) is 10.5. The molecule has 0 spiro atoms. The molecule has 0 radical (unpaired) electrons. The molecule has 2 heterocycles. The summed E-state index contributed by atoms with van der Waals surface area (Å²) < 4.78 is 5.51. The van der Waals surface area contributed by atoms with Crippen molar-refractivity contribution >= 4 is 5.91 Å². The second-order valence-corrected chi connectivity index (χ2v) is 4.70. The first-order chi connectivity index (χ1) is 8.16. The summed E-state index contributed by atoms with van der Waals surface area (Å²) in [5.41, 5.74) is 0. The molecule has 1 fully saturated rings. The maximum atomic E-state index is 12.0. The summed E-state index contributed by atoms with van der Waals surface area (Å²) in [6.45, 7) is 5.74. The monoisotopic (exact) mass is 236 g/mol. The molecule has 1 amide bonds. The van der Waals surface area contributed by atoms with Crippen LogP contribution in [0.25, 0.3) is 0 Å². The number of furan rings is 1. The van der Waals surface area contributed by atoms with E-state index in [0.717, 1.165) is 37.5 Å². The van der Waals surface area contributed by atoms with Crippen molar-refractivity contribution in [2.75, 3.05) is 13.1 Å². The summed E-state index contributed by atoms with van der Waals surface area (Å²) in [6.07, 6.45) is 1.85. The van der Waals surface area contributed by atoms with Crippen LogP contribution in [0.4, 0.5) is 0 Å². The van der Waals surface area contributed by atoms with Crippen LogP contribution in [0.2, 0.25) is 0 Å². The van der Waals surface area contributed by atoms with Crippen LogP contribution in [0.15, 0.2) is 16.5 Å². The van der Waals surface area contributed by atoms with Crippen molar-refractivity contribution in [1.29, 1.82) is 0 Å². The van der Waals surface area contributed by atoms with Gasteiger partial charge in [0.1, 0.15) is 11.5 Å². The molecule has 2 N–H and O–H groups in total. The maximum absolute atomic E-state index is 12.0. The first-order valence-electron chi connectivity index (χ1n) is 6.24. The Hall–Kier alpha value is -1.29. The number of carbonyl (C=O) groups is 1. The lowest BCUT2D eigenvalue weighted by atomic mass is 9.97. The van der Waals surface area contributed by atoms with Crippen molar-refractivity contribution in [1.82, 2.24) is 10.6 Å². The molecule has 0 aliphatic carbocycles. The quantitative estimate of drug-likeness (QED) is 0.841. The van der Waals surface area contributed by atoms with Crippen molar-refractivity contribution < 1.29 is 9.21 Å². The van der Waals surface area contributed by atoms with E-state index in [9.17, 15) is 4.79 Å². The summed E-state index contributed by atoms with van der Waals surface area (Å²) in [6, 6.07) is 3.79. The molecular formula is C13H20N2O2. The van der Waals surface area contributed by atoms with E-state index in [4.69, 9.17) is 4.42 Å². The van der Waals surface area contributed by atoms with Gasteiger partial charge in [-0.1, -0.05) is 0 Å². The number of piperidine rings is 1. The molecule has 1 aromatic heterocycles. The fourth-order valence-electron chi connectivity index (χ4n) is 2.17. The van der Waals surface area contributed by atoms with Crippen LogP contribution < -0.4 is 10.6 Å². The molecule has 4 nitrogen and oxygen atoms in total. The van der Waals surface area contributed by atoms with Gasteiger partial charge in [-0.3, -0.25) is 4.79 Å². The van der Waals surface area contributed by atoms with Crippen LogP contribution in [-0.4, -0.2) is 19.0 Å². The van der Waals surface area contributed by atoms with Crippen molar-refractivity contribution in [2.45, 2.75) is 32.7 Å². The Bertz CT molecular complexity index is 381. The number of amides is 1. The van der Waals surface area contributed by atoms with Gasteiger partial charge >= 0.3 is 0 Å². The number of nitrogens with one attached hydrogen (secondary N) is 2. The number of carbonyl (C=O) groups excluding carboxylic acids is 1. The van der Waals surface area contributed by atoms with E-state index < -0.39 is 0 Å². The second kappa shape index (κ2) is 5.36. The Morgan fingerprint density at radius 1 is 1.47 bits per heavy atom. The van der Waals surface area contributed by atoms with Gasteiger partial charge in [0.25, 0.3) is 0 Å². The van der Waals surface area contributed by atoms with Gasteiger partial charge in [0, 0.05) is 5.92 Å². The summed E-state index contributed by atoms with van der Waals surface area (Å²) in [4.78, 5) is 12.0. The average Bonchev–Trinajstić information content (AvgIpc) is 2.77. The van der Waals surface area contributed by atoms with Crippen LogP contribution in [0.1, 0.15) is 37.3 Å². The van der Waals surface area contributed by atoms with Gasteiger partial charge in [-0.15, -0.1) is 0 Å². The van der Waals surface area contributed by atoms with Crippen molar-refractivity contribution in [3.05, 3.63) is 23.7 Å². The number of hydrogen-bond acceptors (Lipinski definition) is 3. The lowest BCUT2D eigenvalue weighted by Gasteiger charge is -2.23. The van der Waals surface area contributed by atoms with Gasteiger partial charge < -0.3 is 15.1 Å². The third-order valence-corrected chi connectivity index (χ3v) is 3.26. The fraction of sp³-hybridized carbons (Fsp3) is 0.615. The second-order valence-electron chi connectivity index (χ2n) is 4.70. The summed E-state index contributed by atoms with van der Waals surface area (Å²) in [5, 5.41) is 6.28. The number of hydrogen-bond donors (Lipinski definition) is 2. The molecule has 1 saturated heterocycles. The predicted octanol–water partition coefficient (Wildman–Crippen LogP) is 1.76. The highest BCUT2D eigenvalue weighted by Gasteiger charge is 2.23. The number of aryl methyl sites for hydroxylation is 1. The molecule has 0 bridgehead atoms. The van der Waals surface area contributed by atoms with Gasteiger partial charge in [-0.05, 0) is 51.9 Å². The Morgan fingerprint density at radius 3 is 2.76 bits per heavy atom. The largest absolute Gasteiger partial charge is 0.464 e. The molecule has 1 aliphatic rings. The van der Waals surface area contributed by atoms with Crippen LogP contribution in [0.5, 0.6) is 0 Å². The zero-order valence-electron chi connectivity index (χ0n) is 10.5. The van der Waals surface area contributed by atoms with Gasteiger partial charge in [0.15, 0.2) is 0 Å². The third kappa shape index (κ3) is 3.09. The van der Waals surface area contributed by atoms with Gasteiger partial charge in [-0.25, -0.2) is 0 Å². The van der Waals surface area contributed by atoms with Crippen LogP contribution >= 0.6 is 0 Å². The molecule has 0 saturated carbocycles. The molecule has 1 aromatic rings. The number of rotatable bonds is 3. The van der Waals surface area contributed by atoms with Gasteiger partial charge in [-0.2, -0.15) is 0 Å². The highest BCUT2D eigenvalue weighted by molar-refractivity contribution is 5.79. The third-order valence-electron chi connectivity index (χ3n) is 3.26. The van der Waals surface area contributed by atoms with E-state index in [2.05, 4.69) is 10.6 Å². The molecule has 2 rings (SSSR count). The fourth-order valence-corrected chi connectivity index (χ4v) is 2.17. The molecule has 17 heavy (non-hydrogen) atoms. The van der Waals surface area contributed by atoms with Crippen LogP contribution in [0.3, 0.4) is 0 Å². The highest BCUT2D eigenvalue weighted by atomic mass is 16.3. The van der Waals surface area contributed by atoms with Crippen molar-refractivity contribution in [2.24, 2.45) is 5.92 Å². The molecular weight excluding hydrogens is 216 g/mol. The first kappa shape index (κ1) is 12.2. The first-order valence-corrected chi connectivity index (χ1v) is 6.24. The SMILES string of the molecule is Cc1ccc(C(C)NC(=O)C2CCNCC2)o1. The van der Waals surface area contributed by atoms with E-state index in [-0.39, 0.29) is 17.9 Å². The Labute approximate surface area is 102 Å². The Kier molecular flexibility index (Phi) is 3.84. The predicted molar refractivity (Wildman–Crippen MR) is 65.6 cm³/mol. The van der Waals surface area contributed by atoms with E-state index >= 15 is 0 Å².